The highest BCUT2D eigenvalue weighted by molar-refractivity contribution is 5.90. The van der Waals surface area contributed by atoms with Crippen molar-refractivity contribution in [3.63, 3.8) is 0 Å². The van der Waals surface area contributed by atoms with E-state index >= 15 is 0 Å². The number of nitrogens with zero attached hydrogens (tertiary/aromatic N) is 2. The third-order valence-corrected chi connectivity index (χ3v) is 3.38. The first kappa shape index (κ1) is 13.6. The summed E-state index contributed by atoms with van der Waals surface area (Å²) in [7, 11) is 2.12. The van der Waals surface area contributed by atoms with Crippen molar-refractivity contribution in [2.75, 3.05) is 18.9 Å². The number of hydrogen-bond acceptors (Lipinski definition) is 3. The maximum atomic E-state index is 11.7. The molecule has 0 atom stereocenters. The van der Waals surface area contributed by atoms with Crippen molar-refractivity contribution >= 4 is 11.6 Å². The summed E-state index contributed by atoms with van der Waals surface area (Å²) < 4.78 is 0. The van der Waals surface area contributed by atoms with Crippen molar-refractivity contribution in [1.29, 1.82) is 5.26 Å². The summed E-state index contributed by atoms with van der Waals surface area (Å²) in [6.07, 6.45) is 4.02. The Morgan fingerprint density at radius 2 is 2.11 bits per heavy atom. The lowest BCUT2D eigenvalue weighted by molar-refractivity contribution is -0.116. The third kappa shape index (κ3) is 4.38. The molecule has 0 bridgehead atoms. The van der Waals surface area contributed by atoms with Crippen LogP contribution in [0.25, 0.3) is 0 Å². The van der Waals surface area contributed by atoms with Gasteiger partial charge in [-0.15, -0.1) is 0 Å². The number of anilines is 1. The molecule has 0 radical (unpaired) electrons. The van der Waals surface area contributed by atoms with E-state index in [2.05, 4.69) is 23.3 Å². The van der Waals surface area contributed by atoms with Crippen molar-refractivity contribution in [2.24, 2.45) is 0 Å². The van der Waals surface area contributed by atoms with Crippen LogP contribution in [-0.4, -0.2) is 30.4 Å². The minimum atomic E-state index is 0.0360. The molecule has 0 unspecified atom stereocenters. The number of nitriles is 1. The van der Waals surface area contributed by atoms with E-state index in [9.17, 15) is 4.79 Å². The van der Waals surface area contributed by atoms with Crippen LogP contribution in [0.2, 0.25) is 0 Å². The maximum absolute atomic E-state index is 11.7. The van der Waals surface area contributed by atoms with Gasteiger partial charge in [0.15, 0.2) is 0 Å². The van der Waals surface area contributed by atoms with Crippen LogP contribution in [0.3, 0.4) is 0 Å². The average Bonchev–Trinajstić information content (AvgIpc) is 3.24. The van der Waals surface area contributed by atoms with E-state index in [0.717, 1.165) is 24.7 Å². The zero-order valence-corrected chi connectivity index (χ0v) is 11.2. The Labute approximate surface area is 114 Å². The zero-order valence-electron chi connectivity index (χ0n) is 11.2. The SMILES string of the molecule is CN(CCCC(=O)Nc1ccc(C#N)cc1)C1CC1. The lowest BCUT2D eigenvalue weighted by Gasteiger charge is -2.14. The number of rotatable bonds is 6. The molecule has 4 heteroatoms. The first-order chi connectivity index (χ1) is 9.19. The summed E-state index contributed by atoms with van der Waals surface area (Å²) in [5.74, 6) is 0.0360. The van der Waals surface area contributed by atoms with E-state index in [1.807, 2.05) is 0 Å². The molecule has 1 aromatic rings. The number of amides is 1. The van der Waals surface area contributed by atoms with Gasteiger partial charge >= 0.3 is 0 Å². The minimum Gasteiger partial charge on any atom is -0.326 e. The number of nitrogens with one attached hydrogen (secondary N) is 1. The highest BCUT2D eigenvalue weighted by Crippen LogP contribution is 2.25. The van der Waals surface area contributed by atoms with Gasteiger partial charge in [0.2, 0.25) is 5.91 Å². The zero-order chi connectivity index (χ0) is 13.7. The molecule has 2 rings (SSSR count). The first-order valence-electron chi connectivity index (χ1n) is 6.69. The molecule has 1 saturated carbocycles. The normalized spacial score (nSPS) is 14.2. The molecule has 0 aliphatic heterocycles. The second kappa shape index (κ2) is 6.35. The number of hydrogen-bond donors (Lipinski definition) is 1. The Morgan fingerprint density at radius 3 is 2.68 bits per heavy atom. The minimum absolute atomic E-state index is 0.0360. The summed E-state index contributed by atoms with van der Waals surface area (Å²) in [5, 5.41) is 11.5. The van der Waals surface area contributed by atoms with E-state index in [1.54, 1.807) is 24.3 Å². The summed E-state index contributed by atoms with van der Waals surface area (Å²) in [6.45, 7) is 0.978. The summed E-state index contributed by atoms with van der Waals surface area (Å²) in [4.78, 5) is 14.1. The molecule has 1 aromatic carbocycles. The van der Waals surface area contributed by atoms with Crippen molar-refractivity contribution < 1.29 is 4.79 Å². The summed E-state index contributed by atoms with van der Waals surface area (Å²) in [6, 6.07) is 9.73. The van der Waals surface area contributed by atoms with Gasteiger partial charge in [0.25, 0.3) is 0 Å². The molecule has 0 aromatic heterocycles. The molecule has 0 heterocycles. The van der Waals surface area contributed by atoms with E-state index in [0.29, 0.717) is 12.0 Å². The van der Waals surface area contributed by atoms with E-state index in [4.69, 9.17) is 5.26 Å². The van der Waals surface area contributed by atoms with Gasteiger partial charge in [0.1, 0.15) is 0 Å². The fourth-order valence-electron chi connectivity index (χ4n) is 2.04. The van der Waals surface area contributed by atoms with Crippen LogP contribution in [0.5, 0.6) is 0 Å². The van der Waals surface area contributed by atoms with Gasteiger partial charge in [-0.2, -0.15) is 5.26 Å². The summed E-state index contributed by atoms with van der Waals surface area (Å²) >= 11 is 0. The Bertz CT molecular complexity index is 471. The lowest BCUT2D eigenvalue weighted by atomic mass is 10.2. The molecule has 1 aliphatic rings. The molecular weight excluding hydrogens is 238 g/mol. The van der Waals surface area contributed by atoms with Gasteiger partial charge in [-0.25, -0.2) is 0 Å². The van der Waals surface area contributed by atoms with Gasteiger partial charge < -0.3 is 10.2 Å². The van der Waals surface area contributed by atoms with Crippen molar-refractivity contribution in [3.05, 3.63) is 29.8 Å². The predicted molar refractivity (Wildman–Crippen MR) is 74.7 cm³/mol. The monoisotopic (exact) mass is 257 g/mol. The largest absolute Gasteiger partial charge is 0.326 e. The van der Waals surface area contributed by atoms with Gasteiger partial charge in [-0.05, 0) is 57.1 Å². The predicted octanol–water partition coefficient (Wildman–Crippen LogP) is 2.37. The summed E-state index contributed by atoms with van der Waals surface area (Å²) in [5.41, 5.74) is 1.35. The second-order valence-corrected chi connectivity index (χ2v) is 5.05. The van der Waals surface area contributed by atoms with Crippen LogP contribution in [0.1, 0.15) is 31.2 Å². The van der Waals surface area contributed by atoms with Gasteiger partial charge in [0.05, 0.1) is 11.6 Å². The maximum Gasteiger partial charge on any atom is 0.224 e. The van der Waals surface area contributed by atoms with Crippen LogP contribution >= 0.6 is 0 Å². The quantitative estimate of drug-likeness (QED) is 0.851. The topological polar surface area (TPSA) is 56.1 Å². The van der Waals surface area contributed by atoms with E-state index < -0.39 is 0 Å². The van der Waals surface area contributed by atoms with E-state index in [-0.39, 0.29) is 5.91 Å². The molecule has 0 saturated heterocycles. The fourth-order valence-corrected chi connectivity index (χ4v) is 2.04. The van der Waals surface area contributed by atoms with Crippen LogP contribution in [-0.2, 0) is 4.79 Å². The molecule has 1 fully saturated rings. The molecule has 1 N–H and O–H groups in total. The van der Waals surface area contributed by atoms with Crippen molar-refractivity contribution in [2.45, 2.75) is 31.7 Å². The Morgan fingerprint density at radius 1 is 1.42 bits per heavy atom. The second-order valence-electron chi connectivity index (χ2n) is 5.05. The molecular formula is C15H19N3O. The van der Waals surface area contributed by atoms with Crippen LogP contribution in [0.4, 0.5) is 5.69 Å². The molecule has 0 spiro atoms. The standard InChI is InChI=1S/C15H19N3O/c1-18(14-8-9-14)10-2-3-15(19)17-13-6-4-12(11-16)5-7-13/h4-7,14H,2-3,8-10H2,1H3,(H,17,19). The third-order valence-electron chi connectivity index (χ3n) is 3.38. The number of carbonyl (C=O) groups excluding carboxylic acids is 1. The van der Waals surface area contributed by atoms with E-state index in [1.165, 1.54) is 12.8 Å². The lowest BCUT2D eigenvalue weighted by Crippen LogP contribution is -2.23. The Hall–Kier alpha value is -1.86. The molecule has 100 valence electrons. The first-order valence-corrected chi connectivity index (χ1v) is 6.69. The van der Waals surface area contributed by atoms with Crippen molar-refractivity contribution in [3.8, 4) is 6.07 Å². The number of benzene rings is 1. The van der Waals surface area contributed by atoms with Crippen LogP contribution < -0.4 is 5.32 Å². The molecule has 1 aliphatic carbocycles. The van der Waals surface area contributed by atoms with Gasteiger partial charge in [-0.1, -0.05) is 0 Å². The number of carbonyl (C=O) groups is 1. The van der Waals surface area contributed by atoms with Crippen LogP contribution in [0.15, 0.2) is 24.3 Å². The fraction of sp³-hybridized carbons (Fsp3) is 0.467. The Kier molecular flexibility index (Phi) is 4.53. The molecule has 19 heavy (non-hydrogen) atoms. The van der Waals surface area contributed by atoms with Crippen molar-refractivity contribution in [1.82, 2.24) is 4.90 Å². The average molecular weight is 257 g/mol. The van der Waals surface area contributed by atoms with Crippen LogP contribution in [0, 0.1) is 11.3 Å². The smallest absolute Gasteiger partial charge is 0.224 e. The highest BCUT2D eigenvalue weighted by atomic mass is 16.1. The Balaban J connectivity index is 1.69. The van der Waals surface area contributed by atoms with Gasteiger partial charge in [-0.3, -0.25) is 4.79 Å². The highest BCUT2D eigenvalue weighted by Gasteiger charge is 2.25. The molecule has 1 amide bonds. The van der Waals surface area contributed by atoms with Gasteiger partial charge in [0, 0.05) is 18.2 Å². The molecule has 4 nitrogen and oxygen atoms in total.